The second kappa shape index (κ2) is 10.2. The Bertz CT molecular complexity index is 1180. The van der Waals surface area contributed by atoms with Crippen LogP contribution in [0.5, 0.6) is 28.7 Å². The molecule has 0 saturated carbocycles. The van der Waals surface area contributed by atoms with Gasteiger partial charge in [0.2, 0.25) is 23.4 Å². The molecule has 10 heteroatoms. The Kier molecular flexibility index (Phi) is 7.30. The molecule has 0 bridgehead atoms. The Hall–Kier alpha value is -4.21. The molecule has 1 heterocycles. The van der Waals surface area contributed by atoms with Crippen molar-refractivity contribution in [2.45, 2.75) is 13.8 Å². The van der Waals surface area contributed by atoms with Gasteiger partial charge in [0.1, 0.15) is 5.69 Å². The van der Waals surface area contributed by atoms with Crippen molar-refractivity contribution in [3.05, 3.63) is 30.3 Å². The van der Waals surface area contributed by atoms with Crippen LogP contribution in [-0.2, 0) is 9.59 Å². The molecule has 1 aromatic heterocycles. The molecule has 0 spiro atoms. The number of amides is 2. The zero-order valence-electron chi connectivity index (χ0n) is 20.0. The summed E-state index contributed by atoms with van der Waals surface area (Å²) in [6, 6.07) is 8.54. The fraction of sp³-hybridized carbons (Fsp3) is 0.292. The number of ether oxygens (including phenoxy) is 5. The van der Waals surface area contributed by atoms with Gasteiger partial charge in [0.15, 0.2) is 23.0 Å². The lowest BCUT2D eigenvalue weighted by Crippen LogP contribution is -2.33. The number of anilines is 1. The first-order chi connectivity index (χ1) is 16.3. The summed E-state index contributed by atoms with van der Waals surface area (Å²) in [5.41, 5.74) is 1.85. The van der Waals surface area contributed by atoms with Crippen molar-refractivity contribution in [1.82, 2.24) is 5.16 Å². The number of rotatable bonds is 8. The number of carbonyl (C=O) groups excluding carboxylic acids is 2. The Morgan fingerprint density at radius 3 is 1.74 bits per heavy atom. The minimum atomic E-state index is -0.526. The van der Waals surface area contributed by atoms with E-state index >= 15 is 0 Å². The predicted molar refractivity (Wildman–Crippen MR) is 124 cm³/mol. The van der Waals surface area contributed by atoms with Gasteiger partial charge in [0.25, 0.3) is 0 Å². The average molecular weight is 470 g/mol. The third kappa shape index (κ3) is 4.34. The van der Waals surface area contributed by atoms with E-state index in [2.05, 4.69) is 5.16 Å². The molecule has 0 atom stereocenters. The summed E-state index contributed by atoms with van der Waals surface area (Å²) < 4.78 is 32.7. The van der Waals surface area contributed by atoms with Crippen LogP contribution in [0.3, 0.4) is 0 Å². The minimum absolute atomic E-state index is 0.0315. The van der Waals surface area contributed by atoms with Gasteiger partial charge in [-0.05, 0) is 29.8 Å². The van der Waals surface area contributed by atoms with Crippen LogP contribution < -0.4 is 28.6 Å². The minimum Gasteiger partial charge on any atom is -0.493 e. The SMILES string of the molecule is COc1ccc(-c2c(-c3cc(OC)c(OC)c(OC)c3)noc2N(C(C)=O)C(C)=O)cc1OC. The van der Waals surface area contributed by atoms with Crippen LogP contribution in [0, 0.1) is 0 Å². The highest BCUT2D eigenvalue weighted by molar-refractivity contribution is 6.15. The Balaban J connectivity index is 2.37. The molecule has 0 fully saturated rings. The van der Waals surface area contributed by atoms with E-state index in [1.807, 2.05) is 0 Å². The molecule has 3 aromatic rings. The number of nitrogens with zero attached hydrogens (tertiary/aromatic N) is 2. The first-order valence-electron chi connectivity index (χ1n) is 10.1. The molecule has 3 rings (SSSR count). The third-order valence-corrected chi connectivity index (χ3v) is 5.12. The standard InChI is InChI=1S/C24H26N2O8/c1-13(27)26(14(2)28)24-21(15-8-9-17(29-3)18(10-15)30-4)22(25-34-24)16-11-19(31-5)23(33-7)20(12-16)32-6/h8-12H,1-7H3. The maximum Gasteiger partial charge on any atom is 0.249 e. The maximum atomic E-state index is 12.3. The number of aromatic nitrogens is 1. The Morgan fingerprint density at radius 1 is 0.735 bits per heavy atom. The molecule has 0 radical (unpaired) electrons. The molecule has 34 heavy (non-hydrogen) atoms. The quantitative estimate of drug-likeness (QED) is 0.483. The molecule has 0 aliphatic carbocycles. The molecule has 2 amide bonds. The first kappa shape index (κ1) is 24.4. The van der Waals surface area contributed by atoms with Crippen LogP contribution >= 0.6 is 0 Å². The van der Waals surface area contributed by atoms with E-state index in [9.17, 15) is 9.59 Å². The smallest absolute Gasteiger partial charge is 0.249 e. The summed E-state index contributed by atoms with van der Waals surface area (Å²) in [6.45, 7) is 2.53. The van der Waals surface area contributed by atoms with Crippen molar-refractivity contribution in [2.75, 3.05) is 40.4 Å². The van der Waals surface area contributed by atoms with Crippen LogP contribution in [0.2, 0.25) is 0 Å². The van der Waals surface area contributed by atoms with Gasteiger partial charge in [-0.1, -0.05) is 11.2 Å². The molecular formula is C24H26N2O8. The van der Waals surface area contributed by atoms with Gasteiger partial charge in [-0.3, -0.25) is 9.59 Å². The highest BCUT2D eigenvalue weighted by Gasteiger charge is 2.30. The van der Waals surface area contributed by atoms with Crippen LogP contribution in [0.15, 0.2) is 34.9 Å². The van der Waals surface area contributed by atoms with E-state index in [0.717, 1.165) is 4.90 Å². The summed E-state index contributed by atoms with van der Waals surface area (Å²) >= 11 is 0. The fourth-order valence-electron chi connectivity index (χ4n) is 3.61. The van der Waals surface area contributed by atoms with E-state index in [0.29, 0.717) is 51.1 Å². The predicted octanol–water partition coefficient (Wildman–Crippen LogP) is 3.95. The number of carbonyl (C=O) groups is 2. The van der Waals surface area contributed by atoms with E-state index < -0.39 is 11.8 Å². The highest BCUT2D eigenvalue weighted by atomic mass is 16.5. The molecular weight excluding hydrogens is 444 g/mol. The van der Waals surface area contributed by atoms with E-state index in [1.54, 1.807) is 30.3 Å². The van der Waals surface area contributed by atoms with Gasteiger partial charge in [-0.2, -0.15) is 0 Å². The molecule has 10 nitrogen and oxygen atoms in total. The lowest BCUT2D eigenvalue weighted by atomic mass is 9.99. The highest BCUT2D eigenvalue weighted by Crippen LogP contribution is 2.46. The van der Waals surface area contributed by atoms with Gasteiger partial charge in [-0.15, -0.1) is 0 Å². The molecule has 0 saturated heterocycles. The van der Waals surface area contributed by atoms with Gasteiger partial charge in [-0.25, -0.2) is 4.90 Å². The second-order valence-electron chi connectivity index (χ2n) is 7.07. The van der Waals surface area contributed by atoms with Crippen molar-refractivity contribution in [1.29, 1.82) is 0 Å². The van der Waals surface area contributed by atoms with E-state index in [4.69, 9.17) is 28.2 Å². The number of imide groups is 1. The van der Waals surface area contributed by atoms with Crippen LogP contribution in [0.25, 0.3) is 22.4 Å². The Morgan fingerprint density at radius 2 is 1.26 bits per heavy atom. The van der Waals surface area contributed by atoms with Crippen molar-refractivity contribution in [3.8, 4) is 51.1 Å². The van der Waals surface area contributed by atoms with Gasteiger partial charge >= 0.3 is 0 Å². The lowest BCUT2D eigenvalue weighted by molar-refractivity contribution is -0.124. The number of hydrogen-bond acceptors (Lipinski definition) is 9. The first-order valence-corrected chi connectivity index (χ1v) is 10.1. The zero-order valence-corrected chi connectivity index (χ0v) is 20.0. The van der Waals surface area contributed by atoms with E-state index in [1.165, 1.54) is 49.4 Å². The summed E-state index contributed by atoms with van der Waals surface area (Å²) in [4.78, 5) is 25.6. The van der Waals surface area contributed by atoms with Crippen LogP contribution in [0.1, 0.15) is 13.8 Å². The van der Waals surface area contributed by atoms with Gasteiger partial charge < -0.3 is 28.2 Å². The second-order valence-corrected chi connectivity index (χ2v) is 7.07. The number of benzene rings is 2. The Labute approximate surface area is 196 Å². The fourth-order valence-corrected chi connectivity index (χ4v) is 3.61. The number of hydrogen-bond donors (Lipinski definition) is 0. The maximum absolute atomic E-state index is 12.3. The van der Waals surface area contributed by atoms with Crippen molar-refractivity contribution in [2.24, 2.45) is 0 Å². The molecule has 0 aliphatic heterocycles. The number of methoxy groups -OCH3 is 5. The largest absolute Gasteiger partial charge is 0.493 e. The van der Waals surface area contributed by atoms with Gasteiger partial charge in [0, 0.05) is 19.4 Å². The summed E-state index contributed by atoms with van der Waals surface area (Å²) in [7, 11) is 7.53. The zero-order chi connectivity index (χ0) is 25.0. The van der Waals surface area contributed by atoms with Crippen LogP contribution in [0.4, 0.5) is 5.88 Å². The molecule has 0 aliphatic rings. The normalized spacial score (nSPS) is 10.4. The third-order valence-electron chi connectivity index (χ3n) is 5.12. The van der Waals surface area contributed by atoms with Crippen molar-refractivity contribution < 1.29 is 37.8 Å². The topological polar surface area (TPSA) is 110 Å². The molecule has 2 aromatic carbocycles. The summed E-state index contributed by atoms with van der Waals surface area (Å²) in [5, 5.41) is 4.21. The molecule has 0 unspecified atom stereocenters. The van der Waals surface area contributed by atoms with Crippen molar-refractivity contribution >= 4 is 17.7 Å². The average Bonchev–Trinajstić information content (AvgIpc) is 3.26. The van der Waals surface area contributed by atoms with Crippen molar-refractivity contribution in [3.63, 3.8) is 0 Å². The van der Waals surface area contributed by atoms with Gasteiger partial charge in [0.05, 0.1) is 41.1 Å². The summed E-state index contributed by atoms with van der Waals surface area (Å²) in [6.07, 6.45) is 0. The molecule has 180 valence electrons. The molecule has 0 N–H and O–H groups in total. The van der Waals surface area contributed by atoms with Crippen LogP contribution in [-0.4, -0.2) is 52.5 Å². The lowest BCUT2D eigenvalue weighted by Gasteiger charge is -2.17. The van der Waals surface area contributed by atoms with E-state index in [-0.39, 0.29) is 5.88 Å². The monoisotopic (exact) mass is 470 g/mol. The summed E-state index contributed by atoms with van der Waals surface area (Å²) in [5.74, 6) is 1.07.